The molecule has 0 saturated carbocycles. The Morgan fingerprint density at radius 2 is 2.16 bits per heavy atom. The van der Waals surface area contributed by atoms with Crippen LogP contribution in [0.3, 0.4) is 0 Å². The van der Waals surface area contributed by atoms with Gasteiger partial charge in [0, 0.05) is 20.1 Å². The highest BCUT2D eigenvalue weighted by atomic mass is 35.5. The van der Waals surface area contributed by atoms with Crippen molar-refractivity contribution in [3.8, 4) is 0 Å². The largest absolute Gasteiger partial charge is 0.472 e. The predicted molar refractivity (Wildman–Crippen MR) is 74.4 cm³/mol. The molecule has 0 aliphatic rings. The zero-order chi connectivity index (χ0) is 13.5. The summed E-state index contributed by atoms with van der Waals surface area (Å²) in [5.41, 5.74) is 0.410. The van der Waals surface area contributed by atoms with Gasteiger partial charge in [0.25, 0.3) is 5.91 Å². The number of hydrogen-bond donors (Lipinski definition) is 2. The summed E-state index contributed by atoms with van der Waals surface area (Å²) in [4.78, 5) is 25.2. The first-order chi connectivity index (χ1) is 8.56. The second-order valence-corrected chi connectivity index (χ2v) is 4.07. The van der Waals surface area contributed by atoms with Gasteiger partial charge < -0.3 is 20.0 Å². The van der Waals surface area contributed by atoms with Gasteiger partial charge >= 0.3 is 0 Å². The average molecular weight is 290 g/mol. The molecule has 108 valence electrons. The van der Waals surface area contributed by atoms with E-state index in [4.69, 9.17) is 4.42 Å². The zero-order valence-electron chi connectivity index (χ0n) is 11.3. The molecule has 0 radical (unpaired) electrons. The molecule has 0 aromatic carbocycles. The van der Waals surface area contributed by atoms with E-state index in [2.05, 4.69) is 10.6 Å². The van der Waals surface area contributed by atoms with E-state index < -0.39 is 6.04 Å². The molecular formula is C12H20ClN3O3. The van der Waals surface area contributed by atoms with Crippen LogP contribution in [0.5, 0.6) is 0 Å². The van der Waals surface area contributed by atoms with Crippen molar-refractivity contribution in [2.24, 2.45) is 0 Å². The van der Waals surface area contributed by atoms with Gasteiger partial charge in [0.1, 0.15) is 12.3 Å². The van der Waals surface area contributed by atoms with Crippen molar-refractivity contribution < 1.29 is 14.0 Å². The smallest absolute Gasteiger partial charge is 0.255 e. The summed E-state index contributed by atoms with van der Waals surface area (Å²) in [7, 11) is 3.53. The van der Waals surface area contributed by atoms with Crippen LogP contribution < -0.4 is 10.6 Å². The molecule has 1 rings (SSSR count). The maximum atomic E-state index is 11.9. The maximum absolute atomic E-state index is 11.9. The lowest BCUT2D eigenvalue weighted by Crippen LogP contribution is -2.46. The maximum Gasteiger partial charge on any atom is 0.255 e. The second kappa shape index (κ2) is 8.55. The molecule has 0 bridgehead atoms. The van der Waals surface area contributed by atoms with Crippen molar-refractivity contribution >= 4 is 24.2 Å². The minimum Gasteiger partial charge on any atom is -0.472 e. The van der Waals surface area contributed by atoms with Gasteiger partial charge in [-0.25, -0.2) is 0 Å². The summed E-state index contributed by atoms with van der Waals surface area (Å²) >= 11 is 0. The number of rotatable bonds is 6. The van der Waals surface area contributed by atoms with E-state index in [0.717, 1.165) is 0 Å². The molecule has 1 aromatic rings. The Labute approximate surface area is 118 Å². The van der Waals surface area contributed by atoms with Crippen LogP contribution in [-0.4, -0.2) is 49.9 Å². The number of likely N-dealkylation sites (N-methyl/N-ethyl adjacent to an activating group) is 2. The lowest BCUT2D eigenvalue weighted by Gasteiger charge is -2.21. The van der Waals surface area contributed by atoms with Gasteiger partial charge in [-0.3, -0.25) is 9.59 Å². The SMILES string of the molecule is CNCCN(C)C(=O)C(C)NC(=O)c1ccoc1.Cl. The molecule has 0 saturated heterocycles. The third-order valence-electron chi connectivity index (χ3n) is 2.57. The number of carbonyl (C=O) groups is 2. The summed E-state index contributed by atoms with van der Waals surface area (Å²) in [6, 6.07) is 0.992. The first-order valence-electron chi connectivity index (χ1n) is 5.79. The minimum absolute atomic E-state index is 0. The Kier molecular flexibility index (Phi) is 7.86. The number of nitrogens with zero attached hydrogens (tertiary/aromatic N) is 1. The Morgan fingerprint density at radius 3 is 2.68 bits per heavy atom. The van der Waals surface area contributed by atoms with Crippen molar-refractivity contribution in [1.82, 2.24) is 15.5 Å². The lowest BCUT2D eigenvalue weighted by molar-refractivity contribution is -0.131. The summed E-state index contributed by atoms with van der Waals surface area (Å²) in [5, 5.41) is 5.59. The summed E-state index contributed by atoms with van der Waals surface area (Å²) in [5.74, 6) is -0.436. The van der Waals surface area contributed by atoms with Gasteiger partial charge in [-0.15, -0.1) is 12.4 Å². The van der Waals surface area contributed by atoms with Crippen molar-refractivity contribution in [3.63, 3.8) is 0 Å². The van der Waals surface area contributed by atoms with Crippen molar-refractivity contribution in [2.75, 3.05) is 27.2 Å². The molecule has 19 heavy (non-hydrogen) atoms. The Morgan fingerprint density at radius 1 is 1.47 bits per heavy atom. The Balaban J connectivity index is 0.00000324. The van der Waals surface area contributed by atoms with Gasteiger partial charge in [0.2, 0.25) is 5.91 Å². The van der Waals surface area contributed by atoms with E-state index in [0.29, 0.717) is 18.7 Å². The molecular weight excluding hydrogens is 270 g/mol. The summed E-state index contributed by atoms with van der Waals surface area (Å²) in [6.07, 6.45) is 2.76. The van der Waals surface area contributed by atoms with Gasteiger partial charge in [-0.1, -0.05) is 0 Å². The van der Waals surface area contributed by atoms with Gasteiger partial charge in [0.05, 0.1) is 11.8 Å². The van der Waals surface area contributed by atoms with Crippen LogP contribution in [0.4, 0.5) is 0 Å². The van der Waals surface area contributed by atoms with Crippen LogP contribution in [-0.2, 0) is 4.79 Å². The third kappa shape index (κ3) is 5.32. The summed E-state index contributed by atoms with van der Waals surface area (Å²) < 4.78 is 4.81. The van der Waals surface area contributed by atoms with E-state index >= 15 is 0 Å². The van der Waals surface area contributed by atoms with E-state index in [1.54, 1.807) is 24.9 Å². The number of halogens is 1. The Bertz CT molecular complexity index is 395. The molecule has 1 unspecified atom stereocenters. The topological polar surface area (TPSA) is 74.6 Å². The number of carbonyl (C=O) groups excluding carboxylic acids is 2. The fourth-order valence-electron chi connectivity index (χ4n) is 1.46. The molecule has 1 heterocycles. The Hall–Kier alpha value is -1.53. The molecule has 0 fully saturated rings. The third-order valence-corrected chi connectivity index (χ3v) is 2.57. The normalized spacial score (nSPS) is 11.3. The number of furan rings is 1. The van der Waals surface area contributed by atoms with E-state index in [1.807, 2.05) is 7.05 Å². The van der Waals surface area contributed by atoms with Crippen LogP contribution in [0, 0.1) is 0 Å². The fourth-order valence-corrected chi connectivity index (χ4v) is 1.46. The average Bonchev–Trinajstić information content (AvgIpc) is 2.88. The standard InChI is InChI=1S/C12H19N3O3.ClH/c1-9(12(17)15(3)6-5-13-2)14-11(16)10-4-7-18-8-10;/h4,7-9,13H,5-6H2,1-3H3,(H,14,16);1H. The fraction of sp³-hybridized carbons (Fsp3) is 0.500. The molecule has 6 nitrogen and oxygen atoms in total. The minimum atomic E-state index is -0.561. The molecule has 1 atom stereocenters. The highest BCUT2D eigenvalue weighted by Gasteiger charge is 2.20. The van der Waals surface area contributed by atoms with E-state index in [1.165, 1.54) is 12.5 Å². The lowest BCUT2D eigenvalue weighted by atomic mass is 10.2. The van der Waals surface area contributed by atoms with Crippen molar-refractivity contribution in [2.45, 2.75) is 13.0 Å². The number of hydrogen-bond acceptors (Lipinski definition) is 4. The van der Waals surface area contributed by atoms with Crippen LogP contribution in [0.2, 0.25) is 0 Å². The molecule has 0 aliphatic carbocycles. The van der Waals surface area contributed by atoms with Gasteiger partial charge in [0.15, 0.2) is 0 Å². The van der Waals surface area contributed by atoms with Gasteiger partial charge in [-0.2, -0.15) is 0 Å². The molecule has 7 heteroatoms. The highest BCUT2D eigenvalue weighted by molar-refractivity contribution is 5.97. The molecule has 1 aromatic heterocycles. The van der Waals surface area contributed by atoms with Gasteiger partial charge in [-0.05, 0) is 20.0 Å². The van der Waals surface area contributed by atoms with Crippen LogP contribution in [0.15, 0.2) is 23.0 Å². The predicted octanol–water partition coefficient (Wildman–Crippen LogP) is 0.498. The highest BCUT2D eigenvalue weighted by Crippen LogP contribution is 2.01. The van der Waals surface area contributed by atoms with E-state index in [-0.39, 0.29) is 24.2 Å². The quantitative estimate of drug-likeness (QED) is 0.800. The second-order valence-electron chi connectivity index (χ2n) is 4.07. The molecule has 2 N–H and O–H groups in total. The van der Waals surface area contributed by atoms with Crippen LogP contribution >= 0.6 is 12.4 Å². The number of amides is 2. The first kappa shape index (κ1) is 17.5. The molecule has 0 spiro atoms. The van der Waals surface area contributed by atoms with Crippen molar-refractivity contribution in [1.29, 1.82) is 0 Å². The first-order valence-corrected chi connectivity index (χ1v) is 5.79. The molecule has 2 amide bonds. The van der Waals surface area contributed by atoms with Crippen LogP contribution in [0.25, 0.3) is 0 Å². The summed E-state index contributed by atoms with van der Waals surface area (Å²) in [6.45, 7) is 2.97. The van der Waals surface area contributed by atoms with Crippen molar-refractivity contribution in [3.05, 3.63) is 24.2 Å². The monoisotopic (exact) mass is 289 g/mol. The zero-order valence-corrected chi connectivity index (χ0v) is 12.1. The van der Waals surface area contributed by atoms with Crippen LogP contribution in [0.1, 0.15) is 17.3 Å². The number of nitrogens with one attached hydrogen (secondary N) is 2. The van der Waals surface area contributed by atoms with E-state index in [9.17, 15) is 9.59 Å². The molecule has 0 aliphatic heterocycles.